The number of nitrogens with one attached hydrogen (secondary N) is 1. The van der Waals surface area contributed by atoms with Gasteiger partial charge in [-0.25, -0.2) is 0 Å². The fourth-order valence-electron chi connectivity index (χ4n) is 4.38. The second kappa shape index (κ2) is 10.3. The highest BCUT2D eigenvalue weighted by Gasteiger charge is 2.23. The number of carbonyl (C=O) groups excluding carboxylic acids is 1. The maximum atomic E-state index is 12.9. The van der Waals surface area contributed by atoms with E-state index in [9.17, 15) is 4.79 Å². The number of carbonyl (C=O) groups is 1. The van der Waals surface area contributed by atoms with Crippen molar-refractivity contribution in [2.75, 3.05) is 39.4 Å². The number of aromatic nitrogens is 1. The van der Waals surface area contributed by atoms with Crippen LogP contribution in [0.2, 0.25) is 5.02 Å². The molecule has 164 valence electrons. The molecule has 1 atom stereocenters. The van der Waals surface area contributed by atoms with Gasteiger partial charge in [-0.15, -0.1) is 0 Å². The maximum absolute atomic E-state index is 12.9. The number of aryl methyl sites for hydroxylation is 1. The van der Waals surface area contributed by atoms with E-state index in [1.54, 1.807) is 0 Å². The highest BCUT2D eigenvalue weighted by atomic mass is 35.5. The molecule has 1 amide bonds. The summed E-state index contributed by atoms with van der Waals surface area (Å²) in [5.41, 5.74) is 3.43. The number of nitrogens with zero attached hydrogens (tertiary/aromatic N) is 2. The minimum atomic E-state index is -0.0558. The average Bonchev–Trinajstić information content (AvgIpc) is 3.17. The van der Waals surface area contributed by atoms with Crippen LogP contribution in [0.1, 0.15) is 30.4 Å². The number of para-hydroxylation sites is 1. The number of amides is 1. The Hall–Kier alpha value is -2.34. The summed E-state index contributed by atoms with van der Waals surface area (Å²) in [6, 6.07) is 16.3. The van der Waals surface area contributed by atoms with Crippen molar-refractivity contribution in [3.8, 4) is 0 Å². The summed E-state index contributed by atoms with van der Waals surface area (Å²) in [5, 5.41) is 5.00. The Morgan fingerprint density at radius 1 is 1.16 bits per heavy atom. The molecule has 31 heavy (non-hydrogen) atoms. The van der Waals surface area contributed by atoms with Crippen LogP contribution in [0, 0.1) is 0 Å². The van der Waals surface area contributed by atoms with E-state index in [4.69, 9.17) is 16.3 Å². The molecule has 0 radical (unpaired) electrons. The fraction of sp³-hybridized carbons (Fsp3) is 0.400. The molecule has 4 rings (SSSR count). The lowest BCUT2D eigenvalue weighted by molar-refractivity contribution is -0.121. The first-order valence-electron chi connectivity index (χ1n) is 11.1. The summed E-state index contributed by atoms with van der Waals surface area (Å²) in [5.74, 6) is 0.00588. The van der Waals surface area contributed by atoms with Crippen LogP contribution in [-0.4, -0.2) is 54.8 Å². The van der Waals surface area contributed by atoms with E-state index in [1.807, 2.05) is 18.2 Å². The van der Waals surface area contributed by atoms with Crippen molar-refractivity contribution in [1.29, 1.82) is 0 Å². The number of morpholine rings is 1. The van der Waals surface area contributed by atoms with Crippen molar-refractivity contribution in [2.45, 2.75) is 25.8 Å². The van der Waals surface area contributed by atoms with E-state index in [0.717, 1.165) is 45.0 Å². The molecule has 1 N–H and O–H groups in total. The highest BCUT2D eigenvalue weighted by molar-refractivity contribution is 6.30. The van der Waals surface area contributed by atoms with Crippen LogP contribution < -0.4 is 5.32 Å². The van der Waals surface area contributed by atoms with Gasteiger partial charge in [0.2, 0.25) is 5.91 Å². The van der Waals surface area contributed by atoms with Gasteiger partial charge in [0.15, 0.2) is 0 Å². The molecule has 0 bridgehead atoms. The molecule has 2 heterocycles. The Kier molecular flexibility index (Phi) is 7.28. The SMILES string of the molecule is CCn1cc(C(CC(=O)NCCN2CCOCC2)c2cccc(Cl)c2)c2ccccc21. The number of hydrogen-bond donors (Lipinski definition) is 1. The average molecular weight is 440 g/mol. The second-order valence-corrected chi connectivity index (χ2v) is 8.44. The van der Waals surface area contributed by atoms with Gasteiger partial charge >= 0.3 is 0 Å². The van der Waals surface area contributed by atoms with E-state index in [0.29, 0.717) is 18.0 Å². The summed E-state index contributed by atoms with van der Waals surface area (Å²) in [7, 11) is 0. The summed E-state index contributed by atoms with van der Waals surface area (Å²) in [6.07, 6.45) is 2.58. The number of benzene rings is 2. The smallest absolute Gasteiger partial charge is 0.220 e. The van der Waals surface area contributed by atoms with E-state index in [-0.39, 0.29) is 11.8 Å². The fourth-order valence-corrected chi connectivity index (χ4v) is 4.58. The molecule has 1 fully saturated rings. The van der Waals surface area contributed by atoms with Crippen molar-refractivity contribution in [3.63, 3.8) is 0 Å². The number of fused-ring (bicyclic) bond motifs is 1. The first-order valence-corrected chi connectivity index (χ1v) is 11.4. The van der Waals surface area contributed by atoms with Crippen LogP contribution in [0.5, 0.6) is 0 Å². The largest absolute Gasteiger partial charge is 0.379 e. The van der Waals surface area contributed by atoms with Crippen molar-refractivity contribution in [1.82, 2.24) is 14.8 Å². The van der Waals surface area contributed by atoms with Gasteiger partial charge in [-0.1, -0.05) is 41.9 Å². The van der Waals surface area contributed by atoms with Gasteiger partial charge in [-0.3, -0.25) is 9.69 Å². The lowest BCUT2D eigenvalue weighted by Crippen LogP contribution is -2.41. The summed E-state index contributed by atoms with van der Waals surface area (Å²) in [6.45, 7) is 7.93. The maximum Gasteiger partial charge on any atom is 0.220 e. The van der Waals surface area contributed by atoms with Crippen LogP contribution in [0.4, 0.5) is 0 Å². The Morgan fingerprint density at radius 3 is 2.74 bits per heavy atom. The second-order valence-electron chi connectivity index (χ2n) is 8.00. The van der Waals surface area contributed by atoms with Gasteiger partial charge in [0.1, 0.15) is 0 Å². The Labute approximate surface area is 188 Å². The number of rotatable bonds is 8. The zero-order valence-corrected chi connectivity index (χ0v) is 18.8. The topological polar surface area (TPSA) is 46.5 Å². The van der Waals surface area contributed by atoms with Gasteiger partial charge < -0.3 is 14.6 Å². The predicted molar refractivity (Wildman–Crippen MR) is 126 cm³/mol. The Balaban J connectivity index is 1.55. The third-order valence-corrected chi connectivity index (χ3v) is 6.27. The van der Waals surface area contributed by atoms with Crippen LogP contribution >= 0.6 is 11.6 Å². The highest BCUT2D eigenvalue weighted by Crippen LogP contribution is 2.35. The molecular weight excluding hydrogens is 410 g/mol. The van der Waals surface area contributed by atoms with E-state index >= 15 is 0 Å². The van der Waals surface area contributed by atoms with Gasteiger partial charge in [0, 0.05) is 67.2 Å². The number of halogens is 1. The summed E-state index contributed by atoms with van der Waals surface area (Å²) < 4.78 is 7.64. The molecule has 1 aromatic heterocycles. The molecule has 1 aliphatic rings. The van der Waals surface area contributed by atoms with E-state index in [1.165, 1.54) is 16.5 Å². The normalized spacial score (nSPS) is 15.8. The van der Waals surface area contributed by atoms with E-state index < -0.39 is 0 Å². The molecule has 1 aliphatic heterocycles. The van der Waals surface area contributed by atoms with Crippen LogP contribution in [0.3, 0.4) is 0 Å². The van der Waals surface area contributed by atoms with Gasteiger partial charge in [-0.2, -0.15) is 0 Å². The van der Waals surface area contributed by atoms with Crippen molar-refractivity contribution < 1.29 is 9.53 Å². The summed E-state index contributed by atoms with van der Waals surface area (Å²) >= 11 is 6.31. The third-order valence-electron chi connectivity index (χ3n) is 6.03. The molecule has 1 unspecified atom stereocenters. The molecule has 6 heteroatoms. The molecule has 1 saturated heterocycles. The van der Waals surface area contributed by atoms with Crippen LogP contribution in [-0.2, 0) is 16.1 Å². The number of hydrogen-bond acceptors (Lipinski definition) is 3. The third kappa shape index (κ3) is 5.29. The monoisotopic (exact) mass is 439 g/mol. The van der Waals surface area contributed by atoms with Crippen LogP contribution in [0.25, 0.3) is 10.9 Å². The lowest BCUT2D eigenvalue weighted by Gasteiger charge is -2.26. The van der Waals surface area contributed by atoms with Gasteiger partial charge in [-0.05, 0) is 36.2 Å². The molecule has 5 nitrogen and oxygen atoms in total. The van der Waals surface area contributed by atoms with Gasteiger partial charge in [0.05, 0.1) is 13.2 Å². The van der Waals surface area contributed by atoms with E-state index in [2.05, 4.69) is 58.2 Å². The lowest BCUT2D eigenvalue weighted by atomic mass is 9.88. The van der Waals surface area contributed by atoms with Crippen molar-refractivity contribution in [2.24, 2.45) is 0 Å². The minimum Gasteiger partial charge on any atom is -0.379 e. The first kappa shape index (κ1) is 21.9. The molecule has 0 spiro atoms. The minimum absolute atomic E-state index is 0.0558. The molecule has 3 aromatic rings. The van der Waals surface area contributed by atoms with Crippen molar-refractivity contribution in [3.05, 3.63) is 70.9 Å². The zero-order valence-electron chi connectivity index (χ0n) is 18.0. The van der Waals surface area contributed by atoms with Gasteiger partial charge in [0.25, 0.3) is 0 Å². The standard InChI is InChI=1S/C25H30ClN3O2/c1-2-29-18-23(21-8-3-4-9-24(21)29)22(19-6-5-7-20(26)16-19)17-25(30)27-10-11-28-12-14-31-15-13-28/h3-9,16,18,22H,2,10-15,17H2,1H3,(H,27,30). The first-order chi connectivity index (χ1) is 15.2. The van der Waals surface area contributed by atoms with Crippen molar-refractivity contribution >= 4 is 28.4 Å². The number of ether oxygens (including phenoxy) is 1. The predicted octanol–water partition coefficient (Wildman–Crippen LogP) is 4.29. The van der Waals surface area contributed by atoms with Crippen LogP contribution in [0.15, 0.2) is 54.7 Å². The molecular formula is C25H30ClN3O2. The zero-order chi connectivity index (χ0) is 21.6. The molecule has 2 aromatic carbocycles. The molecule has 0 saturated carbocycles. The Morgan fingerprint density at radius 2 is 1.97 bits per heavy atom. The summed E-state index contributed by atoms with van der Waals surface area (Å²) in [4.78, 5) is 15.3. The molecule has 0 aliphatic carbocycles. The Bertz CT molecular complexity index is 1030. The quantitative estimate of drug-likeness (QED) is 0.569.